The Morgan fingerprint density at radius 2 is 1.63 bits per heavy atom. The van der Waals surface area contributed by atoms with Gasteiger partial charge in [-0.1, -0.05) is 12.1 Å². The Balaban J connectivity index is 1.96. The molecule has 1 aromatic carbocycles. The number of rotatable bonds is 9. The van der Waals surface area contributed by atoms with Gasteiger partial charge in [-0.05, 0) is 66.0 Å². The van der Waals surface area contributed by atoms with Crippen molar-refractivity contribution in [2.75, 3.05) is 26.9 Å². The lowest BCUT2D eigenvalue weighted by Crippen LogP contribution is -2.60. The second-order valence-corrected chi connectivity index (χ2v) is 8.88. The lowest BCUT2D eigenvalue weighted by molar-refractivity contribution is -0.0608. The molecule has 2 unspecified atom stereocenters. The summed E-state index contributed by atoms with van der Waals surface area (Å²) in [5.41, 5.74) is 0.165. The number of benzene rings is 1. The summed E-state index contributed by atoms with van der Waals surface area (Å²) < 4.78 is 16.9. The van der Waals surface area contributed by atoms with Gasteiger partial charge < -0.3 is 19.3 Å². The number of aliphatic hydroxyl groups is 1. The summed E-state index contributed by atoms with van der Waals surface area (Å²) in [6.07, 6.45) is 2.90. The molecule has 1 fully saturated rings. The van der Waals surface area contributed by atoms with E-state index in [9.17, 15) is 5.11 Å². The van der Waals surface area contributed by atoms with Crippen molar-refractivity contribution >= 4 is 0 Å². The molecule has 0 saturated carbocycles. The average molecular weight is 380 g/mol. The van der Waals surface area contributed by atoms with E-state index < -0.39 is 6.10 Å². The van der Waals surface area contributed by atoms with E-state index in [4.69, 9.17) is 14.2 Å². The van der Waals surface area contributed by atoms with Gasteiger partial charge in [-0.25, -0.2) is 0 Å². The highest BCUT2D eigenvalue weighted by molar-refractivity contribution is 5.39. The van der Waals surface area contributed by atoms with Crippen LogP contribution in [-0.4, -0.2) is 60.2 Å². The number of β-amino-alcohol motifs (C(OH)–C–C–N with tert-alkyl or cyclic N) is 1. The SMILES string of the molecule is COCC(C)Oc1ccccc1OCC(O)CN1C(C)(C)CCCC1(C)C. The Kier molecular flexibility index (Phi) is 7.55. The van der Waals surface area contributed by atoms with E-state index in [0.717, 1.165) is 12.8 Å². The minimum atomic E-state index is -0.564. The summed E-state index contributed by atoms with van der Waals surface area (Å²) in [6, 6.07) is 7.57. The molecule has 1 aliphatic heterocycles. The first kappa shape index (κ1) is 22.0. The van der Waals surface area contributed by atoms with E-state index in [0.29, 0.717) is 24.7 Å². The minimum Gasteiger partial charge on any atom is -0.487 e. The number of para-hydroxylation sites is 2. The third kappa shape index (κ3) is 6.09. The molecule has 154 valence electrons. The summed E-state index contributed by atoms with van der Waals surface area (Å²) >= 11 is 0. The number of nitrogens with zero attached hydrogens (tertiary/aromatic N) is 1. The third-order valence-electron chi connectivity index (χ3n) is 5.44. The maximum atomic E-state index is 10.7. The number of hydrogen-bond acceptors (Lipinski definition) is 5. The number of hydrogen-bond donors (Lipinski definition) is 1. The maximum Gasteiger partial charge on any atom is 0.161 e. The molecule has 1 saturated heterocycles. The van der Waals surface area contributed by atoms with E-state index in [2.05, 4.69) is 32.6 Å². The van der Waals surface area contributed by atoms with Crippen LogP contribution in [0, 0.1) is 0 Å². The molecule has 0 aromatic heterocycles. The van der Waals surface area contributed by atoms with Crippen molar-refractivity contribution in [3.8, 4) is 11.5 Å². The van der Waals surface area contributed by atoms with E-state index >= 15 is 0 Å². The van der Waals surface area contributed by atoms with Crippen molar-refractivity contribution in [1.82, 2.24) is 4.90 Å². The fraction of sp³-hybridized carbons (Fsp3) is 0.727. The Hall–Kier alpha value is -1.30. The largest absolute Gasteiger partial charge is 0.487 e. The van der Waals surface area contributed by atoms with Crippen molar-refractivity contribution in [3.63, 3.8) is 0 Å². The minimum absolute atomic E-state index is 0.0698. The fourth-order valence-electron chi connectivity index (χ4n) is 4.14. The van der Waals surface area contributed by atoms with Gasteiger partial charge in [0.2, 0.25) is 0 Å². The van der Waals surface area contributed by atoms with Gasteiger partial charge in [-0.15, -0.1) is 0 Å². The highest BCUT2D eigenvalue weighted by atomic mass is 16.5. The predicted molar refractivity (Wildman–Crippen MR) is 109 cm³/mol. The van der Waals surface area contributed by atoms with Gasteiger partial charge in [0.25, 0.3) is 0 Å². The van der Waals surface area contributed by atoms with Crippen LogP contribution >= 0.6 is 0 Å². The Labute approximate surface area is 164 Å². The molecular formula is C22H37NO4. The normalized spacial score (nSPS) is 21.4. The number of aliphatic hydroxyl groups excluding tert-OH is 1. The number of piperidine rings is 1. The van der Waals surface area contributed by atoms with Crippen LogP contribution in [0.15, 0.2) is 24.3 Å². The van der Waals surface area contributed by atoms with Gasteiger partial charge in [0, 0.05) is 24.7 Å². The Morgan fingerprint density at radius 1 is 1.04 bits per heavy atom. The second-order valence-electron chi connectivity index (χ2n) is 8.88. The smallest absolute Gasteiger partial charge is 0.161 e. The molecule has 1 aromatic rings. The van der Waals surface area contributed by atoms with Crippen molar-refractivity contribution < 1.29 is 19.3 Å². The monoisotopic (exact) mass is 379 g/mol. The summed E-state index contributed by atoms with van der Waals surface area (Å²) in [4.78, 5) is 2.43. The quantitative estimate of drug-likeness (QED) is 0.706. The highest BCUT2D eigenvalue weighted by Crippen LogP contribution is 2.38. The molecule has 0 aliphatic carbocycles. The molecule has 5 heteroatoms. The summed E-state index contributed by atoms with van der Waals surface area (Å²) in [5, 5.41) is 10.7. The van der Waals surface area contributed by atoms with Gasteiger partial charge in [0.1, 0.15) is 18.8 Å². The van der Waals surface area contributed by atoms with E-state index in [1.807, 2.05) is 31.2 Å². The molecule has 5 nitrogen and oxygen atoms in total. The van der Waals surface area contributed by atoms with Crippen LogP contribution in [-0.2, 0) is 4.74 Å². The number of methoxy groups -OCH3 is 1. The first-order valence-corrected chi connectivity index (χ1v) is 9.99. The van der Waals surface area contributed by atoms with Crippen LogP contribution in [0.3, 0.4) is 0 Å². The topological polar surface area (TPSA) is 51.2 Å². The molecule has 0 spiro atoms. The van der Waals surface area contributed by atoms with Crippen LogP contribution in [0.1, 0.15) is 53.9 Å². The van der Waals surface area contributed by atoms with Crippen molar-refractivity contribution in [2.45, 2.75) is 77.2 Å². The molecule has 2 rings (SSSR count). The number of likely N-dealkylation sites (tertiary alicyclic amines) is 1. The van der Waals surface area contributed by atoms with Crippen LogP contribution in [0.25, 0.3) is 0 Å². The van der Waals surface area contributed by atoms with Crippen molar-refractivity contribution in [1.29, 1.82) is 0 Å². The van der Waals surface area contributed by atoms with Crippen LogP contribution in [0.5, 0.6) is 11.5 Å². The number of ether oxygens (including phenoxy) is 3. The standard InChI is InChI=1S/C22H37NO4/c1-17(15-25-6)27-20-11-8-7-10-19(20)26-16-18(24)14-23-21(2,3)12-9-13-22(23,4)5/h7-8,10-11,17-18,24H,9,12-16H2,1-6H3. The van der Waals surface area contributed by atoms with Crippen LogP contribution in [0.2, 0.25) is 0 Å². The first-order chi connectivity index (χ1) is 12.7. The molecule has 0 amide bonds. The van der Waals surface area contributed by atoms with Gasteiger partial charge >= 0.3 is 0 Å². The van der Waals surface area contributed by atoms with Gasteiger partial charge in [0.15, 0.2) is 11.5 Å². The van der Waals surface area contributed by atoms with E-state index in [-0.39, 0.29) is 23.8 Å². The van der Waals surface area contributed by atoms with Gasteiger partial charge in [0.05, 0.1) is 6.61 Å². The maximum absolute atomic E-state index is 10.7. The molecule has 0 radical (unpaired) electrons. The van der Waals surface area contributed by atoms with Crippen LogP contribution in [0.4, 0.5) is 0 Å². The molecule has 27 heavy (non-hydrogen) atoms. The third-order valence-corrected chi connectivity index (χ3v) is 5.44. The van der Waals surface area contributed by atoms with E-state index in [1.165, 1.54) is 6.42 Å². The molecule has 0 bridgehead atoms. The Morgan fingerprint density at radius 3 is 2.22 bits per heavy atom. The van der Waals surface area contributed by atoms with Gasteiger partial charge in [-0.3, -0.25) is 4.90 Å². The molecule has 1 N–H and O–H groups in total. The zero-order chi connectivity index (χ0) is 20.1. The summed E-state index contributed by atoms with van der Waals surface area (Å²) in [7, 11) is 1.65. The summed E-state index contributed by atoms with van der Waals surface area (Å²) in [5.74, 6) is 1.32. The zero-order valence-electron chi connectivity index (χ0n) is 17.8. The van der Waals surface area contributed by atoms with Crippen LogP contribution < -0.4 is 9.47 Å². The van der Waals surface area contributed by atoms with Crippen molar-refractivity contribution in [2.24, 2.45) is 0 Å². The zero-order valence-corrected chi connectivity index (χ0v) is 17.8. The first-order valence-electron chi connectivity index (χ1n) is 9.99. The predicted octanol–water partition coefficient (Wildman–Crippen LogP) is 3.88. The summed E-state index contributed by atoms with van der Waals surface area (Å²) in [6.45, 7) is 12.4. The second kappa shape index (κ2) is 9.26. The van der Waals surface area contributed by atoms with E-state index in [1.54, 1.807) is 7.11 Å². The Bertz CT molecular complexity index is 571. The lowest BCUT2D eigenvalue weighted by Gasteiger charge is -2.53. The van der Waals surface area contributed by atoms with Crippen molar-refractivity contribution in [3.05, 3.63) is 24.3 Å². The molecule has 1 aliphatic rings. The molecule has 1 heterocycles. The average Bonchev–Trinajstić information content (AvgIpc) is 2.57. The lowest BCUT2D eigenvalue weighted by atomic mass is 9.79. The van der Waals surface area contributed by atoms with Gasteiger partial charge in [-0.2, -0.15) is 0 Å². The fourth-order valence-corrected chi connectivity index (χ4v) is 4.14. The molecular weight excluding hydrogens is 342 g/mol. The molecule has 2 atom stereocenters. The highest BCUT2D eigenvalue weighted by Gasteiger charge is 2.41.